The number of amides is 2. The summed E-state index contributed by atoms with van der Waals surface area (Å²) in [4.78, 5) is 29.6. The van der Waals surface area contributed by atoms with Gasteiger partial charge in [0.05, 0.1) is 49.5 Å². The third kappa shape index (κ3) is 11.7. The second kappa shape index (κ2) is 16.2. The van der Waals surface area contributed by atoms with Gasteiger partial charge < -0.3 is 25.0 Å². The summed E-state index contributed by atoms with van der Waals surface area (Å²) in [5.41, 5.74) is 0.513. The van der Waals surface area contributed by atoms with Gasteiger partial charge in [-0.05, 0) is 55.2 Å². The van der Waals surface area contributed by atoms with Crippen molar-refractivity contribution in [2.75, 3.05) is 34.2 Å². The Labute approximate surface area is 291 Å². The van der Waals surface area contributed by atoms with Crippen LogP contribution in [0, 0.1) is 0 Å². The van der Waals surface area contributed by atoms with Crippen molar-refractivity contribution in [3.63, 3.8) is 0 Å². The Hall–Kier alpha value is -4.17. The molecule has 272 valence electrons. The van der Waals surface area contributed by atoms with Crippen molar-refractivity contribution in [2.24, 2.45) is 5.14 Å². The van der Waals surface area contributed by atoms with E-state index in [9.17, 15) is 36.3 Å². The number of primary sulfonamides is 1. The van der Waals surface area contributed by atoms with E-state index in [1.54, 1.807) is 24.4 Å². The highest BCUT2D eigenvalue weighted by Gasteiger charge is 2.30. The number of aliphatic hydroxyl groups excluding tert-OH is 1. The molecule has 0 aliphatic rings. The third-order valence-electron chi connectivity index (χ3n) is 7.30. The van der Waals surface area contributed by atoms with Crippen LogP contribution in [0.25, 0.3) is 10.2 Å². The Morgan fingerprint density at radius 3 is 2.48 bits per heavy atom. The number of sulfonamides is 1. The lowest BCUT2D eigenvalue weighted by Crippen LogP contribution is -2.43. The van der Waals surface area contributed by atoms with Crippen LogP contribution >= 0.6 is 11.3 Å². The van der Waals surface area contributed by atoms with E-state index in [-0.39, 0.29) is 29.8 Å². The Morgan fingerprint density at radius 2 is 1.82 bits per heavy atom. The lowest BCUT2D eigenvalue weighted by molar-refractivity contribution is -0.873. The molecule has 2 heterocycles. The molecule has 0 spiro atoms. The third-order valence-corrected chi connectivity index (χ3v) is 9.64. The quantitative estimate of drug-likeness (QED) is 0.0931. The van der Waals surface area contributed by atoms with Crippen LogP contribution in [0.4, 0.5) is 13.2 Å². The van der Waals surface area contributed by atoms with Gasteiger partial charge in [0, 0.05) is 13.1 Å². The fraction of sp³-hybridized carbons (Fsp3) is 0.452. The molecule has 50 heavy (non-hydrogen) atoms. The molecule has 4 rings (SSSR count). The second-order valence-corrected chi connectivity index (χ2v) is 15.5. The van der Waals surface area contributed by atoms with Crippen molar-refractivity contribution in [3.8, 4) is 5.75 Å². The number of aromatic nitrogens is 4. The van der Waals surface area contributed by atoms with Crippen LogP contribution in [-0.2, 0) is 38.9 Å². The smallest absolute Gasteiger partial charge is 0.416 e. The van der Waals surface area contributed by atoms with E-state index in [0.29, 0.717) is 64.1 Å². The molecule has 5 N–H and O–H groups in total. The summed E-state index contributed by atoms with van der Waals surface area (Å²) in [7, 11) is 1.80. The molecular weight excluding hydrogens is 702 g/mol. The van der Waals surface area contributed by atoms with Crippen LogP contribution in [0.15, 0.2) is 53.0 Å². The normalized spacial score (nSPS) is 13.6. The number of rotatable bonds is 17. The first-order valence-corrected chi connectivity index (χ1v) is 17.9. The number of ether oxygens (including phenoxy) is 1. The van der Waals surface area contributed by atoms with Gasteiger partial charge in [0.15, 0.2) is 0 Å². The lowest BCUT2D eigenvalue weighted by Gasteiger charge is -2.26. The van der Waals surface area contributed by atoms with Gasteiger partial charge in [0.1, 0.15) is 36.7 Å². The first kappa shape index (κ1) is 38.6. The molecule has 0 aliphatic carbocycles. The summed E-state index contributed by atoms with van der Waals surface area (Å²) < 4.78 is 70.2. The molecule has 0 fully saturated rings. The number of quaternary nitrogens is 1. The highest BCUT2D eigenvalue weighted by molar-refractivity contribution is 7.91. The summed E-state index contributed by atoms with van der Waals surface area (Å²) in [6.07, 6.45) is -2.41. The Balaban J connectivity index is 1.37. The Bertz CT molecular complexity index is 1880. The van der Waals surface area contributed by atoms with Crippen molar-refractivity contribution in [2.45, 2.75) is 61.5 Å². The number of benzene rings is 2. The molecule has 2 atom stereocenters. The number of likely N-dealkylation sites (N-methyl/N-ethyl adjacent to an activating group) is 1. The number of nitrogens with one attached hydrogen (secondary N) is 2. The van der Waals surface area contributed by atoms with E-state index in [0.717, 1.165) is 23.5 Å². The number of hydrogen-bond donors (Lipinski definition) is 4. The van der Waals surface area contributed by atoms with Gasteiger partial charge in [0.25, 0.3) is 10.0 Å². The molecule has 2 aromatic carbocycles. The number of nitrogens with two attached hydrogens (primary N) is 1. The molecular formula is C31H40F3N8O6S2+. The van der Waals surface area contributed by atoms with Gasteiger partial charge in [-0.2, -0.15) is 13.2 Å². The number of unbranched alkanes of at least 4 members (excludes halogenated alkanes) is 1. The number of carbonyl (C=O) groups is 2. The first-order chi connectivity index (χ1) is 23.4. The van der Waals surface area contributed by atoms with E-state index < -0.39 is 39.8 Å². The molecule has 0 saturated heterocycles. The Morgan fingerprint density at radius 1 is 1.10 bits per heavy atom. The number of hydrogen-bond acceptors (Lipinski definition) is 10. The van der Waals surface area contributed by atoms with Crippen molar-refractivity contribution < 1.29 is 45.5 Å². The lowest BCUT2D eigenvalue weighted by atomic mass is 10.1. The van der Waals surface area contributed by atoms with Gasteiger partial charge in [-0.25, -0.2) is 23.2 Å². The van der Waals surface area contributed by atoms with Crippen molar-refractivity contribution in [3.05, 3.63) is 65.5 Å². The fourth-order valence-corrected chi connectivity index (χ4v) is 6.64. The minimum absolute atomic E-state index is 0.0168. The van der Waals surface area contributed by atoms with Crippen molar-refractivity contribution >= 4 is 43.4 Å². The molecule has 2 aromatic heterocycles. The van der Waals surface area contributed by atoms with Gasteiger partial charge in [-0.15, -0.1) is 16.4 Å². The predicted octanol–water partition coefficient (Wildman–Crippen LogP) is 2.73. The van der Waals surface area contributed by atoms with E-state index >= 15 is 0 Å². The molecule has 14 nitrogen and oxygen atoms in total. The van der Waals surface area contributed by atoms with Crippen LogP contribution in [0.3, 0.4) is 0 Å². The number of halogens is 3. The Kier molecular flexibility index (Phi) is 12.5. The number of carbonyl (C=O) groups excluding carboxylic acids is 2. The molecule has 0 saturated carbocycles. The van der Waals surface area contributed by atoms with E-state index in [2.05, 4.69) is 25.9 Å². The van der Waals surface area contributed by atoms with Gasteiger partial charge >= 0.3 is 6.18 Å². The average Bonchev–Trinajstić information content (AvgIpc) is 3.66. The minimum atomic E-state index is -4.47. The second-order valence-electron chi connectivity index (χ2n) is 12.7. The fourth-order valence-electron chi connectivity index (χ4n) is 4.96. The van der Waals surface area contributed by atoms with Gasteiger partial charge in [-0.3, -0.25) is 9.59 Å². The SMILES string of the molecule is C[N+](C)(C)CC(O)CC(=O)NCCCCC(C(=O)NCc1ccc(C(F)(F)F)cc1)n1cc(COc2ccc3nc(S(N)(=O)=O)sc3c2)nn1. The van der Waals surface area contributed by atoms with Gasteiger partial charge in [-0.1, -0.05) is 17.3 Å². The maximum atomic E-state index is 13.4. The van der Waals surface area contributed by atoms with Crippen molar-refractivity contribution in [1.82, 2.24) is 30.6 Å². The number of thiazole rings is 1. The zero-order chi connectivity index (χ0) is 36.7. The summed E-state index contributed by atoms with van der Waals surface area (Å²) in [6.45, 7) is 0.704. The van der Waals surface area contributed by atoms with E-state index in [1.807, 2.05) is 21.1 Å². The molecule has 0 aliphatic heterocycles. The maximum Gasteiger partial charge on any atom is 0.416 e. The van der Waals surface area contributed by atoms with E-state index in [4.69, 9.17) is 9.88 Å². The monoisotopic (exact) mass is 741 g/mol. The van der Waals surface area contributed by atoms with Crippen LogP contribution in [0.5, 0.6) is 5.75 Å². The summed E-state index contributed by atoms with van der Waals surface area (Å²) in [5, 5.41) is 29.1. The zero-order valence-corrected chi connectivity index (χ0v) is 29.3. The van der Waals surface area contributed by atoms with Crippen molar-refractivity contribution in [1.29, 1.82) is 0 Å². The largest absolute Gasteiger partial charge is 0.487 e. The van der Waals surface area contributed by atoms with Gasteiger partial charge in [0.2, 0.25) is 16.2 Å². The predicted molar refractivity (Wildman–Crippen MR) is 178 cm³/mol. The van der Waals surface area contributed by atoms with Crippen LogP contribution in [-0.4, -0.2) is 90.1 Å². The highest BCUT2D eigenvalue weighted by atomic mass is 32.2. The number of nitrogens with zero attached hydrogens (tertiary/aromatic N) is 5. The summed E-state index contributed by atoms with van der Waals surface area (Å²) in [6, 6.07) is 8.48. The standard InChI is InChI=1S/C31H39F3N8O6S2/c1-42(2,3)18-23(43)14-28(44)36-13-5-4-6-26(29(45)37-16-20-7-9-21(10-8-20)31(32,33)34)41-17-22(39-40-41)19-48-24-11-12-25-27(15-24)49-30(38-25)50(35,46)47/h7-12,15,17,23,26,43H,4-6,13-14,16,18-19H2,1-3H3,(H3-,35,36,37,44,45,46,47)/p+1. The minimum Gasteiger partial charge on any atom is -0.487 e. The number of fused-ring (bicyclic) bond motifs is 1. The molecule has 4 aromatic rings. The van der Waals surface area contributed by atoms with E-state index in [1.165, 1.54) is 16.8 Å². The van der Waals surface area contributed by atoms with Crippen LogP contribution in [0.1, 0.15) is 48.5 Å². The first-order valence-electron chi connectivity index (χ1n) is 15.5. The summed E-state index contributed by atoms with van der Waals surface area (Å²) in [5.74, 6) is -0.303. The van der Waals surface area contributed by atoms with Crippen LogP contribution < -0.4 is 20.5 Å². The average molecular weight is 742 g/mol. The maximum absolute atomic E-state index is 13.4. The topological polar surface area (TPSA) is 191 Å². The zero-order valence-electron chi connectivity index (χ0n) is 27.7. The molecule has 0 bridgehead atoms. The molecule has 2 unspecified atom stereocenters. The molecule has 0 radical (unpaired) electrons. The number of aliphatic hydroxyl groups is 1. The highest BCUT2D eigenvalue weighted by Crippen LogP contribution is 2.30. The van der Waals surface area contributed by atoms with Crippen LogP contribution in [0.2, 0.25) is 0 Å². The molecule has 2 amide bonds. The number of alkyl halides is 3. The molecule has 19 heteroatoms. The summed E-state index contributed by atoms with van der Waals surface area (Å²) >= 11 is 0.907.